The Morgan fingerprint density at radius 2 is 2.00 bits per heavy atom. The van der Waals surface area contributed by atoms with Crippen LogP contribution in [0.5, 0.6) is 0 Å². The maximum Gasteiger partial charge on any atom is 0.333 e. The number of carbonyl (C=O) groups excluding carboxylic acids is 1. The van der Waals surface area contributed by atoms with Crippen molar-refractivity contribution >= 4 is 17.6 Å². The molecule has 0 aliphatic heterocycles. The van der Waals surface area contributed by atoms with Gasteiger partial charge in [0.25, 0.3) is 0 Å². The summed E-state index contributed by atoms with van der Waals surface area (Å²) in [5.74, 6) is 0.137. The van der Waals surface area contributed by atoms with Gasteiger partial charge in [0.2, 0.25) is 0 Å². The number of alkyl halides is 1. The zero-order valence-electron chi connectivity index (χ0n) is 11.9. The lowest BCUT2D eigenvalue weighted by molar-refractivity contribution is -0.138. The lowest BCUT2D eigenvalue weighted by Crippen LogP contribution is -2.10. The summed E-state index contributed by atoms with van der Waals surface area (Å²) in [5, 5.41) is 0. The summed E-state index contributed by atoms with van der Waals surface area (Å²) < 4.78 is 5.12. The molecule has 19 heavy (non-hydrogen) atoms. The molecule has 3 N–H and O–H groups in total. The number of benzene rings is 1. The van der Waals surface area contributed by atoms with Gasteiger partial charge in [-0.3, -0.25) is 0 Å². The molecule has 0 saturated heterocycles. The van der Waals surface area contributed by atoms with E-state index in [1.54, 1.807) is 6.92 Å². The van der Waals surface area contributed by atoms with Gasteiger partial charge in [0.05, 0.1) is 6.61 Å². The third kappa shape index (κ3) is 4.69. The van der Waals surface area contributed by atoms with Crippen LogP contribution in [-0.4, -0.2) is 12.6 Å². The van der Waals surface area contributed by atoms with Gasteiger partial charge in [-0.05, 0) is 43.0 Å². The van der Waals surface area contributed by atoms with Crippen molar-refractivity contribution in [3.05, 3.63) is 46.5 Å². The standard InChI is InChI=1S/C15H19ClO2.H3N/c1-10(2)15(17)18-8-7-14-12(4)11(3)5-6-13(14)9-16;/h5-6H,1,7-9H2,2-4H3;1H3. The number of hydrogen-bond acceptors (Lipinski definition) is 3. The van der Waals surface area contributed by atoms with Gasteiger partial charge in [0.15, 0.2) is 0 Å². The highest BCUT2D eigenvalue weighted by Crippen LogP contribution is 2.20. The number of esters is 1. The minimum atomic E-state index is -0.340. The molecule has 4 heteroatoms. The van der Waals surface area contributed by atoms with Gasteiger partial charge in [-0.2, -0.15) is 0 Å². The van der Waals surface area contributed by atoms with Crippen molar-refractivity contribution in [3.63, 3.8) is 0 Å². The van der Waals surface area contributed by atoms with Crippen molar-refractivity contribution in [1.29, 1.82) is 0 Å². The van der Waals surface area contributed by atoms with Crippen LogP contribution in [0.15, 0.2) is 24.3 Å². The number of halogens is 1. The smallest absolute Gasteiger partial charge is 0.333 e. The van der Waals surface area contributed by atoms with E-state index in [2.05, 4.69) is 26.5 Å². The predicted molar refractivity (Wildman–Crippen MR) is 80.0 cm³/mol. The fourth-order valence-electron chi connectivity index (χ4n) is 1.77. The first-order valence-corrected chi connectivity index (χ1v) is 6.47. The van der Waals surface area contributed by atoms with Crippen molar-refractivity contribution in [3.8, 4) is 0 Å². The highest BCUT2D eigenvalue weighted by Gasteiger charge is 2.09. The average molecular weight is 284 g/mol. The first-order valence-electron chi connectivity index (χ1n) is 5.94. The number of aryl methyl sites for hydroxylation is 1. The van der Waals surface area contributed by atoms with E-state index in [0.717, 1.165) is 5.56 Å². The number of rotatable bonds is 5. The van der Waals surface area contributed by atoms with Crippen LogP contribution >= 0.6 is 11.6 Å². The Morgan fingerprint density at radius 1 is 1.37 bits per heavy atom. The summed E-state index contributed by atoms with van der Waals surface area (Å²) in [4.78, 5) is 11.3. The van der Waals surface area contributed by atoms with Gasteiger partial charge >= 0.3 is 5.97 Å². The summed E-state index contributed by atoms with van der Waals surface area (Å²) in [5.41, 5.74) is 5.16. The molecule has 0 atom stereocenters. The van der Waals surface area contributed by atoms with Gasteiger partial charge in [-0.15, -0.1) is 11.6 Å². The molecule has 0 saturated carbocycles. The van der Waals surface area contributed by atoms with E-state index >= 15 is 0 Å². The molecular weight excluding hydrogens is 262 g/mol. The van der Waals surface area contributed by atoms with E-state index in [0.29, 0.717) is 24.5 Å². The second-order valence-electron chi connectivity index (χ2n) is 4.45. The van der Waals surface area contributed by atoms with Crippen molar-refractivity contribution in [2.45, 2.75) is 33.1 Å². The zero-order chi connectivity index (χ0) is 13.7. The van der Waals surface area contributed by atoms with Crippen molar-refractivity contribution in [2.75, 3.05) is 6.61 Å². The maximum atomic E-state index is 11.3. The summed E-state index contributed by atoms with van der Waals surface area (Å²) in [7, 11) is 0. The monoisotopic (exact) mass is 283 g/mol. The van der Waals surface area contributed by atoms with Gasteiger partial charge in [-0.25, -0.2) is 4.79 Å². The average Bonchev–Trinajstić information content (AvgIpc) is 2.34. The Balaban J connectivity index is 0.00000324. The normalized spacial score (nSPS) is 9.68. The van der Waals surface area contributed by atoms with Crippen LogP contribution < -0.4 is 6.15 Å². The summed E-state index contributed by atoms with van der Waals surface area (Å²) >= 11 is 5.93. The molecule has 0 aromatic heterocycles. The Bertz CT molecular complexity index is 469. The molecule has 1 rings (SSSR count). The molecule has 0 aliphatic carbocycles. The quantitative estimate of drug-likeness (QED) is 0.507. The van der Waals surface area contributed by atoms with Crippen molar-refractivity contribution in [2.24, 2.45) is 0 Å². The van der Waals surface area contributed by atoms with Gasteiger partial charge in [0.1, 0.15) is 0 Å². The fourth-order valence-corrected chi connectivity index (χ4v) is 2.02. The van der Waals surface area contributed by atoms with Crippen LogP contribution in [0, 0.1) is 13.8 Å². The third-order valence-corrected chi connectivity index (χ3v) is 3.33. The minimum absolute atomic E-state index is 0. The summed E-state index contributed by atoms with van der Waals surface area (Å²) in [6.45, 7) is 9.69. The van der Waals surface area contributed by atoms with Crippen LogP contribution in [0.2, 0.25) is 0 Å². The molecule has 0 heterocycles. The first kappa shape index (κ1) is 17.7. The highest BCUT2D eigenvalue weighted by atomic mass is 35.5. The molecule has 0 aliphatic rings. The Morgan fingerprint density at radius 3 is 2.53 bits per heavy atom. The lowest BCUT2D eigenvalue weighted by atomic mass is 9.96. The van der Waals surface area contributed by atoms with E-state index in [1.165, 1.54) is 16.7 Å². The molecule has 106 valence electrons. The van der Waals surface area contributed by atoms with E-state index in [4.69, 9.17) is 16.3 Å². The molecule has 0 fully saturated rings. The first-order chi connectivity index (χ1) is 8.47. The predicted octanol–water partition coefficient (Wildman–Crippen LogP) is 3.87. The number of carbonyl (C=O) groups is 1. The number of hydrogen-bond donors (Lipinski definition) is 1. The Hall–Kier alpha value is -1.32. The van der Waals surface area contributed by atoms with E-state index in [-0.39, 0.29) is 12.1 Å². The third-order valence-electron chi connectivity index (χ3n) is 3.04. The van der Waals surface area contributed by atoms with Gasteiger partial charge in [0, 0.05) is 17.9 Å². The molecule has 0 bridgehead atoms. The van der Waals surface area contributed by atoms with Crippen LogP contribution in [0.3, 0.4) is 0 Å². The fraction of sp³-hybridized carbons (Fsp3) is 0.400. The number of ether oxygens (including phenoxy) is 1. The highest BCUT2D eigenvalue weighted by molar-refractivity contribution is 6.17. The molecule has 1 aromatic rings. The van der Waals surface area contributed by atoms with E-state index < -0.39 is 0 Å². The second-order valence-corrected chi connectivity index (χ2v) is 4.71. The van der Waals surface area contributed by atoms with Crippen LogP contribution in [0.4, 0.5) is 0 Å². The molecular formula is C15H22ClNO2. The van der Waals surface area contributed by atoms with Crippen LogP contribution in [-0.2, 0) is 21.8 Å². The van der Waals surface area contributed by atoms with Gasteiger partial charge < -0.3 is 10.9 Å². The molecule has 1 aromatic carbocycles. The van der Waals surface area contributed by atoms with Crippen LogP contribution in [0.25, 0.3) is 0 Å². The van der Waals surface area contributed by atoms with E-state index in [1.807, 2.05) is 6.07 Å². The van der Waals surface area contributed by atoms with E-state index in [9.17, 15) is 4.79 Å². The maximum absolute atomic E-state index is 11.3. The van der Waals surface area contributed by atoms with Gasteiger partial charge in [-0.1, -0.05) is 18.7 Å². The Labute approximate surface area is 120 Å². The molecule has 0 spiro atoms. The van der Waals surface area contributed by atoms with Crippen molar-refractivity contribution in [1.82, 2.24) is 6.15 Å². The minimum Gasteiger partial charge on any atom is -0.462 e. The zero-order valence-corrected chi connectivity index (χ0v) is 12.6. The Kier molecular flexibility index (Phi) is 7.42. The SMILES string of the molecule is C=C(C)C(=O)OCCc1c(CCl)ccc(C)c1C.N. The summed E-state index contributed by atoms with van der Waals surface area (Å²) in [6, 6.07) is 4.10. The van der Waals surface area contributed by atoms with Crippen LogP contribution in [0.1, 0.15) is 29.2 Å². The summed E-state index contributed by atoms with van der Waals surface area (Å²) in [6.07, 6.45) is 0.689. The molecule has 0 unspecified atom stereocenters. The molecule has 3 nitrogen and oxygen atoms in total. The molecule has 0 amide bonds. The van der Waals surface area contributed by atoms with Crippen molar-refractivity contribution < 1.29 is 9.53 Å². The topological polar surface area (TPSA) is 61.3 Å². The molecule has 0 radical (unpaired) electrons. The largest absolute Gasteiger partial charge is 0.462 e. The lowest BCUT2D eigenvalue weighted by Gasteiger charge is -2.13. The second kappa shape index (κ2) is 7.97.